The molecule has 0 amide bonds. The second kappa shape index (κ2) is 9.13. The molecule has 0 unspecified atom stereocenters. The molecule has 7 nitrogen and oxygen atoms in total. The Morgan fingerprint density at radius 1 is 1.05 bits per heavy atom. The van der Waals surface area contributed by atoms with Gasteiger partial charge in [-0.1, -0.05) is 17.3 Å². The van der Waals surface area contributed by atoms with Gasteiger partial charge in [-0.3, -0.25) is 9.97 Å². The molecule has 0 saturated heterocycles. The van der Waals surface area contributed by atoms with Crippen molar-refractivity contribution in [3.8, 4) is 22.3 Å². The number of aromatic nitrogens is 4. The third-order valence-electron chi connectivity index (χ3n) is 6.68. The van der Waals surface area contributed by atoms with E-state index in [-0.39, 0.29) is 27.7 Å². The van der Waals surface area contributed by atoms with Crippen LogP contribution in [0, 0.1) is 20.8 Å². The topological polar surface area (TPSA) is 94.0 Å². The number of hydrogen-bond donors (Lipinski definition) is 1. The van der Waals surface area contributed by atoms with E-state index in [0.717, 1.165) is 0 Å². The number of hydrogen-bond acceptors (Lipinski definition) is 5. The molecule has 38 heavy (non-hydrogen) atoms. The van der Waals surface area contributed by atoms with Gasteiger partial charge in [0.2, 0.25) is 0 Å². The maximum absolute atomic E-state index is 15.0. The van der Waals surface area contributed by atoms with Crippen molar-refractivity contribution in [3.05, 3.63) is 88.8 Å². The molecule has 0 radical (unpaired) electrons. The maximum Gasteiger partial charge on any atom is 0.432 e. The fraction of sp³-hybridized carbons (Fsp3) is 0.214. The van der Waals surface area contributed by atoms with Crippen LogP contribution in [0.4, 0.5) is 13.2 Å². The van der Waals surface area contributed by atoms with E-state index >= 15 is 0 Å². The smallest absolute Gasteiger partial charge is 0.432 e. The Morgan fingerprint density at radius 3 is 2.39 bits per heavy atom. The molecule has 0 aliphatic carbocycles. The van der Waals surface area contributed by atoms with Gasteiger partial charge in [-0.25, -0.2) is 4.79 Å². The Kier molecular flexibility index (Phi) is 6.05. The van der Waals surface area contributed by atoms with Crippen LogP contribution in [0.3, 0.4) is 0 Å². The van der Waals surface area contributed by atoms with Crippen LogP contribution in [0.15, 0.2) is 59.4 Å². The third kappa shape index (κ3) is 4.11. The minimum absolute atomic E-state index is 0.0148. The molecule has 0 saturated carbocycles. The van der Waals surface area contributed by atoms with Gasteiger partial charge >= 0.3 is 12.1 Å². The van der Waals surface area contributed by atoms with Crippen LogP contribution in [-0.4, -0.2) is 30.8 Å². The van der Waals surface area contributed by atoms with Crippen LogP contribution >= 0.6 is 0 Å². The molecule has 0 bridgehead atoms. The standard InChI is InChI=1S/C28H23F3N4O3/c1-14-11-18(27(36)37)8-9-20(14)24-25-22(12-19(13-33-25)23-15(2)34-38-17(23)4)35(26(24)28(29,30)31)16(3)21-7-5-6-10-32-21/h5-13,16H,1-4H3,(H,36,37)/t16-/m0/s1. The lowest BCUT2D eigenvalue weighted by Crippen LogP contribution is -2.19. The Balaban J connectivity index is 1.90. The van der Waals surface area contributed by atoms with Crippen LogP contribution in [-0.2, 0) is 6.18 Å². The van der Waals surface area contributed by atoms with Crippen LogP contribution in [0.5, 0.6) is 0 Å². The van der Waals surface area contributed by atoms with E-state index in [1.54, 1.807) is 52.0 Å². The Morgan fingerprint density at radius 2 is 1.82 bits per heavy atom. The summed E-state index contributed by atoms with van der Waals surface area (Å²) in [6, 6.07) is 10.0. The number of rotatable bonds is 5. The van der Waals surface area contributed by atoms with E-state index in [0.29, 0.717) is 33.8 Å². The molecule has 194 valence electrons. The van der Waals surface area contributed by atoms with Crippen molar-refractivity contribution in [2.75, 3.05) is 0 Å². The Bertz CT molecular complexity index is 1670. The van der Waals surface area contributed by atoms with E-state index in [4.69, 9.17) is 4.52 Å². The van der Waals surface area contributed by atoms with Gasteiger partial charge in [-0.15, -0.1) is 0 Å². The lowest BCUT2D eigenvalue weighted by atomic mass is 9.97. The first kappa shape index (κ1) is 25.2. The predicted molar refractivity (Wildman–Crippen MR) is 135 cm³/mol. The van der Waals surface area contributed by atoms with Gasteiger partial charge in [-0.05, 0) is 69.2 Å². The lowest BCUT2D eigenvalue weighted by molar-refractivity contribution is -0.143. The van der Waals surface area contributed by atoms with Gasteiger partial charge in [0.1, 0.15) is 11.5 Å². The first-order valence-electron chi connectivity index (χ1n) is 11.8. The van der Waals surface area contributed by atoms with Crippen molar-refractivity contribution >= 4 is 17.0 Å². The average Bonchev–Trinajstić information content (AvgIpc) is 3.40. The summed E-state index contributed by atoms with van der Waals surface area (Å²) in [5.74, 6) is -0.639. The molecule has 4 aromatic heterocycles. The molecule has 0 aliphatic heterocycles. The first-order chi connectivity index (χ1) is 18.0. The number of aryl methyl sites for hydroxylation is 3. The van der Waals surface area contributed by atoms with E-state index in [9.17, 15) is 23.1 Å². The van der Waals surface area contributed by atoms with Gasteiger partial charge in [0, 0.05) is 29.1 Å². The van der Waals surface area contributed by atoms with Crippen molar-refractivity contribution in [3.63, 3.8) is 0 Å². The van der Waals surface area contributed by atoms with Gasteiger partial charge in [0.05, 0.1) is 34.0 Å². The predicted octanol–water partition coefficient (Wildman–Crippen LogP) is 7.00. The summed E-state index contributed by atoms with van der Waals surface area (Å²) in [7, 11) is 0. The first-order valence-corrected chi connectivity index (χ1v) is 11.8. The molecule has 4 heterocycles. The number of pyridine rings is 2. The van der Waals surface area contributed by atoms with Gasteiger partial charge in [-0.2, -0.15) is 13.2 Å². The number of fused-ring (bicyclic) bond motifs is 1. The van der Waals surface area contributed by atoms with Crippen LogP contribution in [0.2, 0.25) is 0 Å². The van der Waals surface area contributed by atoms with E-state index in [1.165, 1.54) is 35.2 Å². The lowest BCUT2D eigenvalue weighted by Gasteiger charge is -2.21. The normalized spacial score (nSPS) is 12.7. The minimum atomic E-state index is -4.76. The molecular formula is C28H23F3N4O3. The molecule has 0 fully saturated rings. The van der Waals surface area contributed by atoms with Crippen molar-refractivity contribution in [1.29, 1.82) is 0 Å². The molecule has 0 spiro atoms. The maximum atomic E-state index is 15.0. The molecule has 5 rings (SSSR count). The Hall–Kier alpha value is -4.47. The van der Waals surface area contributed by atoms with Gasteiger partial charge in [0.15, 0.2) is 0 Å². The van der Waals surface area contributed by atoms with E-state index in [2.05, 4.69) is 15.1 Å². The second-order valence-corrected chi connectivity index (χ2v) is 9.15. The summed E-state index contributed by atoms with van der Waals surface area (Å²) in [5, 5.41) is 13.4. The van der Waals surface area contributed by atoms with Crippen molar-refractivity contribution < 1.29 is 27.6 Å². The molecular weight excluding hydrogens is 497 g/mol. The highest BCUT2D eigenvalue weighted by Gasteiger charge is 2.42. The summed E-state index contributed by atoms with van der Waals surface area (Å²) in [6.07, 6.45) is -1.72. The average molecular weight is 521 g/mol. The van der Waals surface area contributed by atoms with Gasteiger partial charge < -0.3 is 14.2 Å². The SMILES string of the molecule is Cc1cc(C(=O)O)ccc1-c1c(C(F)(F)F)n([C@@H](C)c2ccccn2)c2cc(-c3c(C)noc3C)cnc12. The number of carbonyl (C=O) groups is 1. The zero-order chi connectivity index (χ0) is 27.4. The van der Waals surface area contributed by atoms with Crippen molar-refractivity contribution in [2.24, 2.45) is 0 Å². The number of carboxylic acids is 1. The molecule has 5 aromatic rings. The second-order valence-electron chi connectivity index (χ2n) is 9.15. The number of carboxylic acid groups (broad SMARTS) is 1. The summed E-state index contributed by atoms with van der Waals surface area (Å²) in [4.78, 5) is 20.3. The van der Waals surface area contributed by atoms with Crippen molar-refractivity contribution in [1.82, 2.24) is 19.7 Å². The summed E-state index contributed by atoms with van der Waals surface area (Å²) in [6.45, 7) is 6.73. The number of halogens is 3. The Labute approximate surface area is 215 Å². The van der Waals surface area contributed by atoms with Crippen molar-refractivity contribution in [2.45, 2.75) is 39.9 Å². The van der Waals surface area contributed by atoms with E-state index < -0.39 is 23.9 Å². The van der Waals surface area contributed by atoms with Crippen LogP contribution in [0.25, 0.3) is 33.3 Å². The van der Waals surface area contributed by atoms with Crippen LogP contribution in [0.1, 0.15) is 51.7 Å². The fourth-order valence-corrected chi connectivity index (χ4v) is 4.98. The summed E-state index contributed by atoms with van der Waals surface area (Å²) >= 11 is 0. The zero-order valence-electron chi connectivity index (χ0n) is 21.0. The molecule has 1 N–H and O–H groups in total. The highest BCUT2D eigenvalue weighted by molar-refractivity contribution is 5.99. The van der Waals surface area contributed by atoms with E-state index in [1.807, 2.05) is 0 Å². The van der Waals surface area contributed by atoms with Gasteiger partial charge in [0.25, 0.3) is 0 Å². The monoisotopic (exact) mass is 520 g/mol. The summed E-state index contributed by atoms with van der Waals surface area (Å²) in [5.41, 5.74) is 2.28. The quantitative estimate of drug-likeness (QED) is 0.268. The minimum Gasteiger partial charge on any atom is -0.478 e. The number of alkyl halides is 3. The number of benzene rings is 1. The number of nitrogens with zero attached hydrogens (tertiary/aromatic N) is 4. The molecule has 1 aromatic carbocycles. The van der Waals surface area contributed by atoms with Crippen LogP contribution < -0.4 is 0 Å². The zero-order valence-corrected chi connectivity index (χ0v) is 21.0. The largest absolute Gasteiger partial charge is 0.478 e. The highest BCUT2D eigenvalue weighted by Crippen LogP contribution is 2.46. The number of aromatic carboxylic acids is 1. The third-order valence-corrected chi connectivity index (χ3v) is 6.68. The highest BCUT2D eigenvalue weighted by atomic mass is 19.4. The molecule has 10 heteroatoms. The molecule has 1 atom stereocenters. The molecule has 0 aliphatic rings. The fourth-order valence-electron chi connectivity index (χ4n) is 4.98. The summed E-state index contributed by atoms with van der Waals surface area (Å²) < 4.78 is 51.4.